The number of aromatic nitrogens is 2. The van der Waals surface area contributed by atoms with Crippen LogP contribution in [0.25, 0.3) is 11.4 Å². The maximum Gasteiger partial charge on any atom is 0.289 e. The molecule has 21 heavy (non-hydrogen) atoms. The van der Waals surface area contributed by atoms with E-state index in [1.165, 1.54) is 0 Å². The molecule has 0 saturated carbocycles. The highest BCUT2D eigenvalue weighted by molar-refractivity contribution is 5.92. The molecule has 2 aromatic rings. The van der Waals surface area contributed by atoms with E-state index < -0.39 is 6.10 Å². The van der Waals surface area contributed by atoms with Gasteiger partial charge in [-0.3, -0.25) is 9.78 Å². The monoisotopic (exact) mass is 288 g/mol. The van der Waals surface area contributed by atoms with Gasteiger partial charge in [0.2, 0.25) is 5.76 Å². The smallest absolute Gasteiger partial charge is 0.289 e. The van der Waals surface area contributed by atoms with Gasteiger partial charge < -0.3 is 20.3 Å². The maximum atomic E-state index is 12.0. The Kier molecular flexibility index (Phi) is 3.94. The van der Waals surface area contributed by atoms with Crippen LogP contribution in [-0.4, -0.2) is 46.9 Å². The molecule has 1 aliphatic heterocycles. The summed E-state index contributed by atoms with van der Waals surface area (Å²) < 4.78 is 5.04. The van der Waals surface area contributed by atoms with Gasteiger partial charge in [-0.2, -0.15) is 0 Å². The molecule has 1 aliphatic rings. The van der Waals surface area contributed by atoms with Crippen LogP contribution in [0.4, 0.5) is 0 Å². The first-order valence-electron chi connectivity index (χ1n) is 6.79. The van der Waals surface area contributed by atoms with Crippen LogP contribution in [0.1, 0.15) is 10.6 Å². The van der Waals surface area contributed by atoms with Crippen molar-refractivity contribution in [1.82, 2.24) is 20.8 Å². The quantitative estimate of drug-likeness (QED) is 0.735. The van der Waals surface area contributed by atoms with Crippen molar-refractivity contribution in [3.05, 3.63) is 36.2 Å². The van der Waals surface area contributed by atoms with E-state index in [4.69, 9.17) is 4.52 Å². The lowest BCUT2D eigenvalue weighted by atomic mass is 10.1. The lowest BCUT2D eigenvalue weighted by molar-refractivity contribution is 0.0891. The van der Waals surface area contributed by atoms with Crippen LogP contribution in [0.2, 0.25) is 0 Å². The van der Waals surface area contributed by atoms with Gasteiger partial charge in [0.05, 0.1) is 11.8 Å². The second-order valence-electron chi connectivity index (χ2n) is 4.99. The van der Waals surface area contributed by atoms with Gasteiger partial charge in [0, 0.05) is 37.8 Å². The van der Waals surface area contributed by atoms with E-state index in [-0.39, 0.29) is 17.6 Å². The summed E-state index contributed by atoms with van der Waals surface area (Å²) >= 11 is 0. The minimum absolute atomic E-state index is 0.0205. The first-order chi connectivity index (χ1) is 10.2. The molecule has 3 N–H and O–H groups in total. The Labute approximate surface area is 121 Å². The second kappa shape index (κ2) is 6.02. The minimum Gasteiger partial charge on any atom is -0.391 e. The molecule has 0 radical (unpaired) electrons. The third kappa shape index (κ3) is 3.09. The van der Waals surface area contributed by atoms with E-state index >= 15 is 0 Å². The third-order valence-corrected chi connectivity index (χ3v) is 3.49. The zero-order chi connectivity index (χ0) is 14.7. The molecule has 1 saturated heterocycles. The van der Waals surface area contributed by atoms with Gasteiger partial charge in [-0.1, -0.05) is 11.2 Å². The number of nitrogens with zero attached hydrogens (tertiary/aromatic N) is 2. The van der Waals surface area contributed by atoms with Gasteiger partial charge in [-0.15, -0.1) is 0 Å². The summed E-state index contributed by atoms with van der Waals surface area (Å²) in [5.74, 6) is -0.188. The summed E-state index contributed by atoms with van der Waals surface area (Å²) in [5.41, 5.74) is 1.17. The molecule has 1 amide bonds. The van der Waals surface area contributed by atoms with Crippen LogP contribution in [-0.2, 0) is 0 Å². The van der Waals surface area contributed by atoms with Gasteiger partial charge in [0.15, 0.2) is 0 Å². The van der Waals surface area contributed by atoms with Crippen molar-refractivity contribution >= 4 is 5.91 Å². The average molecular weight is 288 g/mol. The van der Waals surface area contributed by atoms with Crippen molar-refractivity contribution in [3.8, 4) is 11.4 Å². The summed E-state index contributed by atoms with van der Waals surface area (Å²) in [6.07, 6.45) is 1.22. The Morgan fingerprint density at radius 3 is 3.05 bits per heavy atom. The SMILES string of the molecule is O=C(NCC1CNCC1O)c1cc(-c2ccccn2)no1. The zero-order valence-electron chi connectivity index (χ0n) is 11.3. The highest BCUT2D eigenvalue weighted by Gasteiger charge is 2.25. The first kappa shape index (κ1) is 13.7. The van der Waals surface area contributed by atoms with Gasteiger partial charge in [-0.05, 0) is 12.1 Å². The van der Waals surface area contributed by atoms with E-state index in [0.717, 1.165) is 0 Å². The van der Waals surface area contributed by atoms with Crippen molar-refractivity contribution in [3.63, 3.8) is 0 Å². The van der Waals surface area contributed by atoms with Crippen molar-refractivity contribution in [2.24, 2.45) is 5.92 Å². The molecule has 1 fully saturated rings. The highest BCUT2D eigenvalue weighted by atomic mass is 16.5. The number of nitrogens with one attached hydrogen (secondary N) is 2. The second-order valence-corrected chi connectivity index (χ2v) is 4.99. The van der Waals surface area contributed by atoms with E-state index in [9.17, 15) is 9.90 Å². The van der Waals surface area contributed by atoms with Crippen LogP contribution in [0, 0.1) is 5.92 Å². The molecular weight excluding hydrogens is 272 g/mol. The molecule has 2 atom stereocenters. The van der Waals surface area contributed by atoms with Crippen molar-refractivity contribution < 1.29 is 14.4 Å². The molecular formula is C14H16N4O3. The molecule has 110 valence electrons. The van der Waals surface area contributed by atoms with E-state index in [0.29, 0.717) is 31.0 Å². The summed E-state index contributed by atoms with van der Waals surface area (Å²) in [7, 11) is 0. The van der Waals surface area contributed by atoms with Crippen LogP contribution in [0.3, 0.4) is 0 Å². The molecule has 0 aromatic carbocycles. The third-order valence-electron chi connectivity index (χ3n) is 3.49. The Morgan fingerprint density at radius 2 is 2.33 bits per heavy atom. The molecule has 0 bridgehead atoms. The minimum atomic E-state index is -0.427. The van der Waals surface area contributed by atoms with Crippen LogP contribution < -0.4 is 10.6 Å². The Hall–Kier alpha value is -2.25. The normalized spacial score (nSPS) is 21.4. The lowest BCUT2D eigenvalue weighted by Crippen LogP contribution is -2.34. The first-order valence-corrected chi connectivity index (χ1v) is 6.79. The number of hydrogen-bond donors (Lipinski definition) is 3. The van der Waals surface area contributed by atoms with Gasteiger partial charge >= 0.3 is 0 Å². The summed E-state index contributed by atoms with van der Waals surface area (Å²) in [6, 6.07) is 6.99. The van der Waals surface area contributed by atoms with Gasteiger partial charge in [0.25, 0.3) is 5.91 Å². The number of carbonyl (C=O) groups excluding carboxylic acids is 1. The molecule has 3 rings (SSSR count). The fraction of sp³-hybridized carbons (Fsp3) is 0.357. The number of aliphatic hydroxyl groups excluding tert-OH is 1. The van der Waals surface area contributed by atoms with E-state index in [1.54, 1.807) is 24.4 Å². The van der Waals surface area contributed by atoms with Crippen LogP contribution in [0.5, 0.6) is 0 Å². The molecule has 0 spiro atoms. The Balaban J connectivity index is 1.62. The predicted molar refractivity (Wildman–Crippen MR) is 74.4 cm³/mol. The summed E-state index contributed by atoms with van der Waals surface area (Å²) in [6.45, 7) is 1.65. The molecule has 7 nitrogen and oxygen atoms in total. The molecule has 2 unspecified atom stereocenters. The Morgan fingerprint density at radius 1 is 1.43 bits per heavy atom. The predicted octanol–water partition coefficient (Wildman–Crippen LogP) is 0.0467. The molecule has 2 aromatic heterocycles. The Bertz CT molecular complexity index is 614. The number of carbonyl (C=O) groups is 1. The van der Waals surface area contributed by atoms with Gasteiger partial charge in [-0.25, -0.2) is 0 Å². The van der Waals surface area contributed by atoms with Gasteiger partial charge in [0.1, 0.15) is 5.69 Å². The number of hydrogen-bond acceptors (Lipinski definition) is 6. The number of aliphatic hydroxyl groups is 1. The number of rotatable bonds is 4. The summed E-state index contributed by atoms with van der Waals surface area (Å²) in [5, 5.41) is 19.3. The standard InChI is InChI=1S/C14H16N4O3/c19-12-8-15-6-9(12)7-17-14(20)13-5-11(18-21-13)10-3-1-2-4-16-10/h1-5,9,12,15,19H,6-8H2,(H,17,20). The topological polar surface area (TPSA) is 100 Å². The fourth-order valence-electron chi connectivity index (χ4n) is 2.26. The van der Waals surface area contributed by atoms with Crippen LogP contribution in [0.15, 0.2) is 35.0 Å². The summed E-state index contributed by atoms with van der Waals surface area (Å²) in [4.78, 5) is 16.1. The van der Waals surface area contributed by atoms with Crippen LogP contribution >= 0.6 is 0 Å². The number of β-amino-alcohol motifs (C(OH)–C–C–N with tert-alkyl or cyclic N) is 1. The van der Waals surface area contributed by atoms with Crippen molar-refractivity contribution in [2.75, 3.05) is 19.6 Å². The lowest BCUT2D eigenvalue weighted by Gasteiger charge is -2.12. The van der Waals surface area contributed by atoms with E-state index in [1.807, 2.05) is 6.07 Å². The van der Waals surface area contributed by atoms with Crippen molar-refractivity contribution in [2.45, 2.75) is 6.10 Å². The molecule has 7 heteroatoms. The average Bonchev–Trinajstić information content (AvgIpc) is 3.15. The fourth-order valence-corrected chi connectivity index (χ4v) is 2.26. The highest BCUT2D eigenvalue weighted by Crippen LogP contribution is 2.16. The molecule has 3 heterocycles. The number of pyridine rings is 1. The largest absolute Gasteiger partial charge is 0.391 e. The molecule has 0 aliphatic carbocycles. The zero-order valence-corrected chi connectivity index (χ0v) is 11.3. The number of amides is 1. The maximum absolute atomic E-state index is 12.0. The van der Waals surface area contributed by atoms with E-state index in [2.05, 4.69) is 20.8 Å². The van der Waals surface area contributed by atoms with Crippen molar-refractivity contribution in [1.29, 1.82) is 0 Å².